The van der Waals surface area contributed by atoms with Crippen molar-refractivity contribution in [3.05, 3.63) is 17.2 Å². The van der Waals surface area contributed by atoms with E-state index in [9.17, 15) is 0 Å². The lowest BCUT2D eigenvalue weighted by molar-refractivity contribution is 0.218. The van der Waals surface area contributed by atoms with Gasteiger partial charge in [0.1, 0.15) is 0 Å². The van der Waals surface area contributed by atoms with Crippen molar-refractivity contribution in [1.29, 1.82) is 0 Å². The van der Waals surface area contributed by atoms with Crippen LogP contribution in [0.5, 0.6) is 5.75 Å². The molecular formula is C10H12ClN2O4PS. The largest absolute Gasteiger partial charge is 0.422 e. The molecule has 9 heteroatoms. The zero-order chi connectivity index (χ0) is 13.9. The van der Waals surface area contributed by atoms with Crippen LogP contribution < -0.4 is 4.52 Å². The van der Waals surface area contributed by atoms with E-state index >= 15 is 0 Å². The molecule has 0 amide bonds. The second kappa shape index (κ2) is 6.15. The van der Waals surface area contributed by atoms with Crippen molar-refractivity contribution in [3.63, 3.8) is 0 Å². The maximum absolute atomic E-state index is 5.97. The summed E-state index contributed by atoms with van der Waals surface area (Å²) in [5.41, 5.74) is 0.801. The lowest BCUT2D eigenvalue weighted by Gasteiger charge is -2.20. The second-order valence-electron chi connectivity index (χ2n) is 3.38. The molecule has 0 radical (unpaired) electrons. The molecule has 1 aromatic heterocycles. The van der Waals surface area contributed by atoms with E-state index in [-0.39, 0.29) is 0 Å². The number of fused-ring (bicyclic) bond motifs is 1. The van der Waals surface area contributed by atoms with Crippen molar-refractivity contribution >= 4 is 41.2 Å². The molecule has 2 rings (SSSR count). The molecule has 0 aliphatic heterocycles. The summed E-state index contributed by atoms with van der Waals surface area (Å²) < 4.78 is 21.1. The molecule has 19 heavy (non-hydrogen) atoms. The molecule has 0 aliphatic rings. The quantitative estimate of drug-likeness (QED) is 0.753. The van der Waals surface area contributed by atoms with E-state index < -0.39 is 6.72 Å². The lowest BCUT2D eigenvalue weighted by Crippen LogP contribution is -2.02. The fourth-order valence-electron chi connectivity index (χ4n) is 1.41. The Morgan fingerprint density at radius 1 is 1.21 bits per heavy atom. The third kappa shape index (κ3) is 3.24. The van der Waals surface area contributed by atoms with Crippen LogP contribution in [-0.4, -0.2) is 23.5 Å². The summed E-state index contributed by atoms with van der Waals surface area (Å²) in [7, 11) is 0. The monoisotopic (exact) mass is 322 g/mol. The summed E-state index contributed by atoms with van der Waals surface area (Å²) >= 11 is 11.3. The van der Waals surface area contributed by atoms with Gasteiger partial charge in [-0.25, -0.2) is 4.63 Å². The average Bonchev–Trinajstić information content (AvgIpc) is 2.83. The standard InChI is InChI=1S/C10H12ClN2O4PS/c1-3-14-18(19,15-4-2)16-8-6-5-7(11)9-10(8)13-17-12-9/h5-6H,3-4H2,1-2H3. The van der Waals surface area contributed by atoms with Gasteiger partial charge in [-0.1, -0.05) is 11.6 Å². The highest BCUT2D eigenvalue weighted by Crippen LogP contribution is 2.51. The Kier molecular flexibility index (Phi) is 4.76. The van der Waals surface area contributed by atoms with Crippen LogP contribution in [0.15, 0.2) is 16.8 Å². The molecule has 1 aromatic carbocycles. The highest BCUT2D eigenvalue weighted by molar-refractivity contribution is 8.07. The van der Waals surface area contributed by atoms with Crippen LogP contribution in [-0.2, 0) is 20.9 Å². The summed E-state index contributed by atoms with van der Waals surface area (Å²) in [4.78, 5) is 0. The van der Waals surface area contributed by atoms with Crippen molar-refractivity contribution in [3.8, 4) is 5.75 Å². The second-order valence-corrected chi connectivity index (χ2v) is 6.72. The first-order valence-corrected chi connectivity index (χ1v) is 8.52. The Morgan fingerprint density at radius 2 is 1.84 bits per heavy atom. The van der Waals surface area contributed by atoms with E-state index in [0.29, 0.717) is 35.0 Å². The molecule has 0 unspecified atom stereocenters. The predicted molar refractivity (Wildman–Crippen MR) is 75.0 cm³/mol. The number of hydrogen-bond donors (Lipinski definition) is 0. The van der Waals surface area contributed by atoms with E-state index in [1.54, 1.807) is 12.1 Å². The Morgan fingerprint density at radius 3 is 2.47 bits per heavy atom. The van der Waals surface area contributed by atoms with Crippen LogP contribution in [0.1, 0.15) is 13.8 Å². The van der Waals surface area contributed by atoms with Crippen molar-refractivity contribution in [1.82, 2.24) is 10.3 Å². The number of rotatable bonds is 6. The van der Waals surface area contributed by atoms with Crippen LogP contribution in [0.3, 0.4) is 0 Å². The van der Waals surface area contributed by atoms with Crippen molar-refractivity contribution < 1.29 is 18.2 Å². The SMILES string of the molecule is CCOP(=S)(OCC)Oc1ccc(Cl)c2nonc12. The molecule has 0 atom stereocenters. The first-order valence-electron chi connectivity index (χ1n) is 5.59. The number of halogens is 1. The molecule has 0 saturated carbocycles. The summed E-state index contributed by atoms with van der Waals surface area (Å²) in [5, 5.41) is 7.87. The fourth-order valence-corrected chi connectivity index (χ4v) is 3.67. The van der Waals surface area contributed by atoms with E-state index in [4.69, 9.17) is 37.0 Å². The first-order chi connectivity index (χ1) is 9.09. The van der Waals surface area contributed by atoms with Crippen molar-refractivity contribution in [2.75, 3.05) is 13.2 Å². The lowest BCUT2D eigenvalue weighted by atomic mass is 10.3. The van der Waals surface area contributed by atoms with E-state index in [1.807, 2.05) is 13.8 Å². The van der Waals surface area contributed by atoms with Gasteiger partial charge < -0.3 is 4.52 Å². The normalized spacial score (nSPS) is 11.9. The summed E-state index contributed by atoms with van der Waals surface area (Å²) in [5.74, 6) is 0.380. The summed E-state index contributed by atoms with van der Waals surface area (Å²) in [6.45, 7) is 1.57. The maximum Gasteiger partial charge on any atom is 0.380 e. The van der Waals surface area contributed by atoms with Crippen LogP contribution in [0.4, 0.5) is 0 Å². The number of nitrogens with zero attached hydrogens (tertiary/aromatic N) is 2. The van der Waals surface area contributed by atoms with E-state index in [1.165, 1.54) is 0 Å². The highest BCUT2D eigenvalue weighted by Gasteiger charge is 2.24. The van der Waals surface area contributed by atoms with Gasteiger partial charge in [0, 0.05) is 11.8 Å². The van der Waals surface area contributed by atoms with Gasteiger partial charge in [0.25, 0.3) is 0 Å². The third-order valence-electron chi connectivity index (χ3n) is 2.11. The van der Waals surface area contributed by atoms with Crippen molar-refractivity contribution in [2.24, 2.45) is 0 Å². The molecule has 104 valence electrons. The van der Waals surface area contributed by atoms with Crippen LogP contribution in [0, 0.1) is 0 Å². The summed E-state index contributed by atoms with van der Waals surface area (Å²) in [6, 6.07) is 3.26. The van der Waals surface area contributed by atoms with Gasteiger partial charge in [0.15, 0.2) is 16.8 Å². The van der Waals surface area contributed by atoms with Crippen LogP contribution in [0.2, 0.25) is 5.02 Å². The molecule has 0 saturated heterocycles. The van der Waals surface area contributed by atoms with E-state index in [0.717, 1.165) is 0 Å². The van der Waals surface area contributed by atoms with Gasteiger partial charge >= 0.3 is 6.72 Å². The molecule has 0 bridgehead atoms. The minimum atomic E-state index is -2.86. The molecule has 0 fully saturated rings. The average molecular weight is 323 g/mol. The Balaban J connectivity index is 2.37. The smallest absolute Gasteiger partial charge is 0.380 e. The Hall–Kier alpha value is -0.720. The van der Waals surface area contributed by atoms with Crippen LogP contribution in [0.25, 0.3) is 11.0 Å². The highest BCUT2D eigenvalue weighted by atomic mass is 35.5. The number of benzene rings is 1. The third-order valence-corrected chi connectivity index (χ3v) is 4.84. The van der Waals surface area contributed by atoms with Gasteiger partial charge in [0.2, 0.25) is 0 Å². The van der Waals surface area contributed by atoms with Gasteiger partial charge in [-0.05, 0) is 36.3 Å². The van der Waals surface area contributed by atoms with Gasteiger partial charge in [0.05, 0.1) is 18.2 Å². The fraction of sp³-hybridized carbons (Fsp3) is 0.400. The predicted octanol–water partition coefficient (Wildman–Crippen LogP) is 3.55. The van der Waals surface area contributed by atoms with Gasteiger partial charge in [-0.2, -0.15) is 0 Å². The molecule has 6 nitrogen and oxygen atoms in total. The maximum atomic E-state index is 5.97. The minimum absolute atomic E-state index is 0.380. The molecule has 0 N–H and O–H groups in total. The van der Waals surface area contributed by atoms with Gasteiger partial charge in [-0.3, -0.25) is 9.05 Å². The van der Waals surface area contributed by atoms with Crippen molar-refractivity contribution in [2.45, 2.75) is 13.8 Å². The molecule has 0 spiro atoms. The topological polar surface area (TPSA) is 66.6 Å². The molecule has 2 aromatic rings. The minimum Gasteiger partial charge on any atom is -0.422 e. The number of hydrogen-bond acceptors (Lipinski definition) is 7. The zero-order valence-corrected chi connectivity index (χ0v) is 12.8. The van der Waals surface area contributed by atoms with Gasteiger partial charge in [-0.15, -0.1) is 0 Å². The molecular weight excluding hydrogens is 311 g/mol. The first kappa shape index (κ1) is 14.7. The summed E-state index contributed by atoms with van der Waals surface area (Å²) in [6.07, 6.45) is 0. The van der Waals surface area contributed by atoms with E-state index in [2.05, 4.69) is 14.9 Å². The Labute approximate surface area is 120 Å². The Bertz CT molecular complexity index is 611. The van der Waals surface area contributed by atoms with Crippen LogP contribution >= 0.6 is 18.3 Å². The zero-order valence-electron chi connectivity index (χ0n) is 10.3. The molecule has 0 aliphatic carbocycles. The molecule has 1 heterocycles. The number of aromatic nitrogens is 2.